The molecule has 1 heterocycles. The molecular weight excluding hydrogens is 266 g/mol. The molecule has 0 aliphatic rings. The van der Waals surface area contributed by atoms with Crippen molar-refractivity contribution in [2.75, 3.05) is 11.4 Å². The van der Waals surface area contributed by atoms with Crippen LogP contribution in [-0.2, 0) is 0 Å². The van der Waals surface area contributed by atoms with Crippen molar-refractivity contribution in [2.24, 2.45) is 0 Å². The molecule has 98 valence electrons. The minimum absolute atomic E-state index is 0.103. The predicted molar refractivity (Wildman–Crippen MR) is 72.5 cm³/mol. The number of phenolic OH excluding ortho intramolecular Hbond substituents is 1. The van der Waals surface area contributed by atoms with Crippen LogP contribution in [0.15, 0.2) is 36.7 Å². The Bertz CT molecular complexity index is 587. The van der Waals surface area contributed by atoms with Crippen LogP contribution in [0.5, 0.6) is 5.75 Å². The Hall–Kier alpha value is -2.14. The van der Waals surface area contributed by atoms with E-state index in [4.69, 9.17) is 11.6 Å². The van der Waals surface area contributed by atoms with Crippen molar-refractivity contribution in [3.63, 3.8) is 0 Å². The maximum atomic E-state index is 12.3. The number of hydrogen-bond acceptors (Lipinski definition) is 4. The summed E-state index contributed by atoms with van der Waals surface area (Å²) in [6, 6.07) is 6.48. The molecule has 1 aromatic carbocycles. The molecule has 0 spiro atoms. The van der Waals surface area contributed by atoms with Gasteiger partial charge in [-0.1, -0.05) is 17.7 Å². The van der Waals surface area contributed by atoms with Crippen LogP contribution >= 0.6 is 11.6 Å². The van der Waals surface area contributed by atoms with Crippen LogP contribution in [0.4, 0.5) is 5.69 Å². The minimum atomic E-state index is -0.294. The lowest BCUT2D eigenvalue weighted by molar-refractivity contribution is 0.0983. The Morgan fingerprint density at radius 1 is 1.37 bits per heavy atom. The summed E-state index contributed by atoms with van der Waals surface area (Å²) in [5.74, 6) is -0.191. The molecule has 19 heavy (non-hydrogen) atoms. The van der Waals surface area contributed by atoms with Gasteiger partial charge >= 0.3 is 0 Å². The summed E-state index contributed by atoms with van der Waals surface area (Å²) < 4.78 is 0. The van der Waals surface area contributed by atoms with E-state index in [2.05, 4.69) is 9.97 Å². The van der Waals surface area contributed by atoms with Gasteiger partial charge in [0.25, 0.3) is 5.91 Å². The molecule has 0 radical (unpaired) electrons. The molecule has 6 heteroatoms. The molecule has 0 unspecified atom stereocenters. The lowest BCUT2D eigenvalue weighted by Crippen LogP contribution is -2.31. The van der Waals surface area contributed by atoms with Gasteiger partial charge in [-0.3, -0.25) is 4.79 Å². The van der Waals surface area contributed by atoms with Crippen molar-refractivity contribution in [1.82, 2.24) is 9.97 Å². The van der Waals surface area contributed by atoms with E-state index < -0.39 is 0 Å². The lowest BCUT2D eigenvalue weighted by Gasteiger charge is -2.20. The smallest absolute Gasteiger partial charge is 0.278 e. The number of carbonyl (C=O) groups is 1. The van der Waals surface area contributed by atoms with Crippen LogP contribution in [0.25, 0.3) is 0 Å². The second-order valence-electron chi connectivity index (χ2n) is 3.79. The first-order chi connectivity index (χ1) is 9.11. The molecule has 2 aromatic rings. The van der Waals surface area contributed by atoms with Crippen molar-refractivity contribution in [3.8, 4) is 5.75 Å². The summed E-state index contributed by atoms with van der Waals surface area (Å²) in [6.07, 6.45) is 2.65. The van der Waals surface area contributed by atoms with Crippen molar-refractivity contribution in [3.05, 3.63) is 47.5 Å². The van der Waals surface area contributed by atoms with E-state index in [1.165, 1.54) is 23.4 Å². The van der Waals surface area contributed by atoms with Gasteiger partial charge in [0.1, 0.15) is 16.6 Å². The third kappa shape index (κ3) is 3.00. The van der Waals surface area contributed by atoms with Crippen molar-refractivity contribution < 1.29 is 9.90 Å². The SMILES string of the molecule is CCN(C(=O)c1cnc(Cl)cn1)c1cccc(O)c1. The Morgan fingerprint density at radius 3 is 2.74 bits per heavy atom. The van der Waals surface area contributed by atoms with Crippen molar-refractivity contribution >= 4 is 23.2 Å². The number of aromatic nitrogens is 2. The Morgan fingerprint density at radius 2 is 2.16 bits per heavy atom. The zero-order chi connectivity index (χ0) is 13.8. The van der Waals surface area contributed by atoms with Gasteiger partial charge in [-0.25, -0.2) is 9.97 Å². The predicted octanol–water partition coefficient (Wildman–Crippen LogP) is 2.50. The molecule has 0 fully saturated rings. The van der Waals surface area contributed by atoms with Crippen LogP contribution in [0.1, 0.15) is 17.4 Å². The minimum Gasteiger partial charge on any atom is -0.508 e. The average molecular weight is 278 g/mol. The Kier molecular flexibility index (Phi) is 3.97. The molecule has 0 aliphatic carbocycles. The summed E-state index contributed by atoms with van der Waals surface area (Å²) in [5.41, 5.74) is 0.804. The van der Waals surface area contributed by atoms with Crippen molar-refractivity contribution in [1.29, 1.82) is 0 Å². The number of rotatable bonds is 3. The first kappa shape index (κ1) is 13.3. The zero-order valence-corrected chi connectivity index (χ0v) is 11.0. The van der Waals surface area contributed by atoms with E-state index in [-0.39, 0.29) is 22.5 Å². The first-order valence-electron chi connectivity index (χ1n) is 5.70. The fourth-order valence-electron chi connectivity index (χ4n) is 1.67. The van der Waals surface area contributed by atoms with E-state index in [0.717, 1.165) is 0 Å². The Labute approximate surface area is 115 Å². The van der Waals surface area contributed by atoms with Gasteiger partial charge in [0.15, 0.2) is 0 Å². The summed E-state index contributed by atoms with van der Waals surface area (Å²) in [4.78, 5) is 21.6. The summed E-state index contributed by atoms with van der Waals surface area (Å²) in [6.45, 7) is 2.29. The van der Waals surface area contributed by atoms with Gasteiger partial charge < -0.3 is 10.0 Å². The highest BCUT2D eigenvalue weighted by Crippen LogP contribution is 2.21. The molecule has 1 N–H and O–H groups in total. The van der Waals surface area contributed by atoms with Crippen molar-refractivity contribution in [2.45, 2.75) is 6.92 Å². The largest absolute Gasteiger partial charge is 0.508 e. The number of benzene rings is 1. The van der Waals surface area contributed by atoms with Crippen LogP contribution in [0.2, 0.25) is 5.15 Å². The zero-order valence-electron chi connectivity index (χ0n) is 10.2. The highest BCUT2D eigenvalue weighted by Gasteiger charge is 2.17. The standard InChI is InChI=1S/C13H12ClN3O2/c1-2-17(9-4-3-5-10(18)6-9)13(19)11-7-16-12(14)8-15-11/h3-8,18H,2H2,1H3. The second-order valence-corrected chi connectivity index (χ2v) is 4.18. The normalized spacial score (nSPS) is 10.2. The molecule has 1 amide bonds. The van der Waals surface area contributed by atoms with Crippen LogP contribution in [0.3, 0.4) is 0 Å². The topological polar surface area (TPSA) is 66.3 Å². The highest BCUT2D eigenvalue weighted by molar-refractivity contribution is 6.29. The highest BCUT2D eigenvalue weighted by atomic mass is 35.5. The molecule has 1 aromatic heterocycles. The van der Waals surface area contributed by atoms with Crippen LogP contribution in [-0.4, -0.2) is 27.5 Å². The molecule has 2 rings (SSSR count). The number of carbonyl (C=O) groups excluding carboxylic acids is 1. The first-order valence-corrected chi connectivity index (χ1v) is 6.08. The van der Waals surface area contributed by atoms with Gasteiger partial charge in [-0.2, -0.15) is 0 Å². The fourth-order valence-corrected chi connectivity index (χ4v) is 1.76. The monoisotopic (exact) mass is 277 g/mol. The number of hydrogen-bond donors (Lipinski definition) is 1. The molecule has 0 saturated carbocycles. The summed E-state index contributed by atoms with van der Waals surface area (Å²) in [7, 11) is 0. The number of anilines is 1. The van der Waals surface area contributed by atoms with E-state index in [1.54, 1.807) is 18.2 Å². The molecule has 0 saturated heterocycles. The third-order valence-electron chi connectivity index (χ3n) is 2.54. The lowest BCUT2D eigenvalue weighted by atomic mass is 10.2. The van der Waals surface area contributed by atoms with Crippen LogP contribution in [0, 0.1) is 0 Å². The summed E-state index contributed by atoms with van der Waals surface area (Å²) in [5, 5.41) is 9.70. The van der Waals surface area contributed by atoms with E-state index in [0.29, 0.717) is 12.2 Å². The van der Waals surface area contributed by atoms with E-state index in [1.807, 2.05) is 6.92 Å². The third-order valence-corrected chi connectivity index (χ3v) is 2.74. The van der Waals surface area contributed by atoms with E-state index in [9.17, 15) is 9.90 Å². The molecule has 5 nitrogen and oxygen atoms in total. The maximum Gasteiger partial charge on any atom is 0.278 e. The number of nitrogens with zero attached hydrogens (tertiary/aromatic N) is 3. The van der Waals surface area contributed by atoms with Gasteiger partial charge in [-0.05, 0) is 19.1 Å². The molecule has 0 bridgehead atoms. The van der Waals surface area contributed by atoms with Gasteiger partial charge in [0.2, 0.25) is 0 Å². The second kappa shape index (κ2) is 5.67. The number of amides is 1. The van der Waals surface area contributed by atoms with Crippen LogP contribution < -0.4 is 4.90 Å². The molecule has 0 atom stereocenters. The number of halogens is 1. The number of aromatic hydroxyl groups is 1. The quantitative estimate of drug-likeness (QED) is 0.936. The van der Waals surface area contributed by atoms with E-state index >= 15 is 0 Å². The number of phenols is 1. The van der Waals surface area contributed by atoms with Gasteiger partial charge in [0, 0.05) is 18.3 Å². The maximum absolute atomic E-state index is 12.3. The molecule has 0 aliphatic heterocycles. The summed E-state index contributed by atoms with van der Waals surface area (Å²) >= 11 is 5.64. The fraction of sp³-hybridized carbons (Fsp3) is 0.154. The average Bonchev–Trinajstić information content (AvgIpc) is 2.40. The van der Waals surface area contributed by atoms with Gasteiger partial charge in [-0.15, -0.1) is 0 Å². The Balaban J connectivity index is 2.31. The van der Waals surface area contributed by atoms with Gasteiger partial charge in [0.05, 0.1) is 12.4 Å². The molecular formula is C13H12ClN3O2.